The van der Waals surface area contributed by atoms with Crippen LogP contribution in [0.4, 0.5) is 0 Å². The Morgan fingerprint density at radius 1 is 1.31 bits per heavy atom. The zero-order valence-corrected chi connectivity index (χ0v) is 10.9. The van der Waals surface area contributed by atoms with Gasteiger partial charge in [-0.3, -0.25) is 0 Å². The van der Waals surface area contributed by atoms with Gasteiger partial charge in [-0.2, -0.15) is 0 Å². The standard InChI is InChI=1S/C14H21NS/c1-14(7-3-2-4-8-14)13-11-6-10-16-12(11)5-9-15-13/h6,10,13,15H,2-5,7-9H2,1H3. The number of hydrogen-bond donors (Lipinski definition) is 1. The monoisotopic (exact) mass is 235 g/mol. The lowest BCUT2D eigenvalue weighted by atomic mass is 9.68. The fourth-order valence-corrected chi connectivity index (χ4v) is 4.44. The number of rotatable bonds is 1. The molecule has 1 aliphatic carbocycles. The molecular weight excluding hydrogens is 214 g/mol. The van der Waals surface area contributed by atoms with Crippen LogP contribution in [-0.2, 0) is 6.42 Å². The molecule has 1 nitrogen and oxygen atoms in total. The van der Waals surface area contributed by atoms with Crippen molar-refractivity contribution in [3.05, 3.63) is 21.9 Å². The summed E-state index contributed by atoms with van der Waals surface area (Å²) >= 11 is 1.95. The Hall–Kier alpha value is -0.340. The lowest BCUT2D eigenvalue weighted by molar-refractivity contribution is 0.141. The van der Waals surface area contributed by atoms with Gasteiger partial charge < -0.3 is 5.32 Å². The van der Waals surface area contributed by atoms with E-state index in [9.17, 15) is 0 Å². The molecule has 0 aromatic carbocycles. The van der Waals surface area contributed by atoms with Gasteiger partial charge in [0.05, 0.1) is 0 Å². The number of thiophene rings is 1. The summed E-state index contributed by atoms with van der Waals surface area (Å²) < 4.78 is 0. The van der Waals surface area contributed by atoms with Crippen molar-refractivity contribution < 1.29 is 0 Å². The predicted molar refractivity (Wildman–Crippen MR) is 70.0 cm³/mol. The van der Waals surface area contributed by atoms with Gasteiger partial charge in [0.2, 0.25) is 0 Å². The number of hydrogen-bond acceptors (Lipinski definition) is 2. The van der Waals surface area contributed by atoms with Crippen LogP contribution >= 0.6 is 11.3 Å². The highest BCUT2D eigenvalue weighted by molar-refractivity contribution is 7.10. The third kappa shape index (κ3) is 1.72. The summed E-state index contributed by atoms with van der Waals surface area (Å²) in [4.78, 5) is 1.63. The quantitative estimate of drug-likeness (QED) is 0.778. The first-order valence-corrected chi connectivity index (χ1v) is 7.47. The molecule has 0 spiro atoms. The van der Waals surface area contributed by atoms with Crippen molar-refractivity contribution in [3.63, 3.8) is 0 Å². The number of fused-ring (bicyclic) bond motifs is 1. The zero-order chi connectivity index (χ0) is 11.0. The van der Waals surface area contributed by atoms with Crippen molar-refractivity contribution in [1.29, 1.82) is 0 Å². The van der Waals surface area contributed by atoms with Crippen LogP contribution in [0.5, 0.6) is 0 Å². The molecule has 1 atom stereocenters. The molecule has 1 unspecified atom stereocenters. The molecule has 2 heteroatoms. The maximum atomic E-state index is 3.78. The molecular formula is C14H21NS. The first kappa shape index (κ1) is 10.8. The molecule has 0 radical (unpaired) electrons. The molecule has 2 heterocycles. The number of nitrogens with one attached hydrogen (secondary N) is 1. The molecule has 1 aliphatic heterocycles. The van der Waals surface area contributed by atoms with E-state index in [4.69, 9.17) is 0 Å². The Morgan fingerprint density at radius 3 is 2.94 bits per heavy atom. The van der Waals surface area contributed by atoms with Crippen LogP contribution in [0, 0.1) is 5.41 Å². The van der Waals surface area contributed by atoms with Gasteiger partial charge in [0.1, 0.15) is 0 Å². The van der Waals surface area contributed by atoms with Crippen LogP contribution in [0.3, 0.4) is 0 Å². The van der Waals surface area contributed by atoms with Crippen LogP contribution in [0.2, 0.25) is 0 Å². The smallest absolute Gasteiger partial charge is 0.0385 e. The maximum absolute atomic E-state index is 3.78. The van der Waals surface area contributed by atoms with E-state index in [2.05, 4.69) is 23.7 Å². The lowest BCUT2D eigenvalue weighted by Gasteiger charge is -2.43. The molecule has 1 aromatic heterocycles. The molecule has 88 valence electrons. The van der Waals surface area contributed by atoms with E-state index in [0.29, 0.717) is 11.5 Å². The Kier molecular flexibility index (Phi) is 2.80. The average Bonchev–Trinajstić information content (AvgIpc) is 2.77. The molecule has 3 rings (SSSR count). The Labute approximate surface area is 102 Å². The van der Waals surface area contributed by atoms with Crippen molar-refractivity contribution in [3.8, 4) is 0 Å². The Balaban J connectivity index is 1.90. The summed E-state index contributed by atoms with van der Waals surface area (Å²) in [6.07, 6.45) is 8.33. The fraction of sp³-hybridized carbons (Fsp3) is 0.714. The topological polar surface area (TPSA) is 12.0 Å². The third-order valence-corrected chi connectivity index (χ3v) is 5.48. The molecule has 1 saturated carbocycles. The fourth-order valence-electron chi connectivity index (χ4n) is 3.52. The first-order chi connectivity index (χ1) is 7.80. The molecule has 2 aliphatic rings. The summed E-state index contributed by atoms with van der Waals surface area (Å²) in [6.45, 7) is 3.67. The van der Waals surface area contributed by atoms with Gasteiger partial charge in [0.15, 0.2) is 0 Å². The van der Waals surface area contributed by atoms with E-state index in [0.717, 1.165) is 0 Å². The molecule has 1 fully saturated rings. The summed E-state index contributed by atoms with van der Waals surface area (Å²) in [6, 6.07) is 2.99. The van der Waals surface area contributed by atoms with Crippen LogP contribution in [0.1, 0.15) is 55.5 Å². The minimum absolute atomic E-state index is 0.508. The highest BCUT2D eigenvalue weighted by Crippen LogP contribution is 2.48. The van der Waals surface area contributed by atoms with Gasteiger partial charge in [-0.15, -0.1) is 11.3 Å². The van der Waals surface area contributed by atoms with Crippen molar-refractivity contribution in [2.24, 2.45) is 5.41 Å². The molecule has 1 aromatic rings. The van der Waals surface area contributed by atoms with Gasteiger partial charge in [-0.25, -0.2) is 0 Å². The van der Waals surface area contributed by atoms with Gasteiger partial charge in [-0.05, 0) is 41.7 Å². The van der Waals surface area contributed by atoms with E-state index >= 15 is 0 Å². The summed E-state index contributed by atoms with van der Waals surface area (Å²) in [5, 5.41) is 6.05. The minimum Gasteiger partial charge on any atom is -0.309 e. The lowest BCUT2D eigenvalue weighted by Crippen LogP contribution is -2.41. The zero-order valence-electron chi connectivity index (χ0n) is 10.1. The third-order valence-electron chi connectivity index (χ3n) is 4.48. The summed E-state index contributed by atoms with van der Waals surface area (Å²) in [5.41, 5.74) is 2.12. The van der Waals surface area contributed by atoms with Crippen LogP contribution in [0.25, 0.3) is 0 Å². The van der Waals surface area contributed by atoms with Crippen molar-refractivity contribution in [2.75, 3.05) is 6.54 Å². The van der Waals surface area contributed by atoms with E-state index in [1.165, 1.54) is 45.1 Å². The van der Waals surface area contributed by atoms with Crippen LogP contribution in [0.15, 0.2) is 11.4 Å². The van der Waals surface area contributed by atoms with E-state index in [1.54, 1.807) is 10.4 Å². The van der Waals surface area contributed by atoms with Crippen molar-refractivity contribution in [1.82, 2.24) is 5.32 Å². The Bertz CT molecular complexity index is 363. The first-order valence-electron chi connectivity index (χ1n) is 6.59. The molecule has 16 heavy (non-hydrogen) atoms. The Morgan fingerprint density at radius 2 is 2.12 bits per heavy atom. The second-order valence-electron chi connectivity index (χ2n) is 5.65. The molecule has 0 amide bonds. The predicted octanol–water partition coefficient (Wildman–Crippen LogP) is 3.91. The summed E-state index contributed by atoms with van der Waals surface area (Å²) in [5.74, 6) is 0. The molecule has 0 bridgehead atoms. The molecule has 1 N–H and O–H groups in total. The van der Waals surface area contributed by atoms with Gasteiger partial charge in [-0.1, -0.05) is 26.2 Å². The highest BCUT2D eigenvalue weighted by atomic mass is 32.1. The van der Waals surface area contributed by atoms with Crippen LogP contribution in [-0.4, -0.2) is 6.54 Å². The largest absolute Gasteiger partial charge is 0.309 e. The van der Waals surface area contributed by atoms with Crippen molar-refractivity contribution >= 4 is 11.3 Å². The summed E-state index contributed by atoms with van der Waals surface area (Å²) in [7, 11) is 0. The second-order valence-corrected chi connectivity index (χ2v) is 6.65. The average molecular weight is 235 g/mol. The normalized spacial score (nSPS) is 28.7. The van der Waals surface area contributed by atoms with E-state index in [1.807, 2.05) is 11.3 Å². The van der Waals surface area contributed by atoms with Crippen molar-refractivity contribution in [2.45, 2.75) is 51.5 Å². The maximum Gasteiger partial charge on any atom is 0.0385 e. The second kappa shape index (κ2) is 4.15. The van der Waals surface area contributed by atoms with Gasteiger partial charge in [0.25, 0.3) is 0 Å². The molecule has 0 saturated heterocycles. The van der Waals surface area contributed by atoms with Crippen LogP contribution < -0.4 is 5.32 Å². The highest BCUT2D eigenvalue weighted by Gasteiger charge is 2.38. The SMILES string of the molecule is CC1(C2NCCc3sccc32)CCCCC1. The van der Waals surface area contributed by atoms with E-state index in [-0.39, 0.29) is 0 Å². The minimum atomic E-state index is 0.508. The van der Waals surface area contributed by atoms with E-state index < -0.39 is 0 Å². The van der Waals surface area contributed by atoms with Gasteiger partial charge >= 0.3 is 0 Å². The van der Waals surface area contributed by atoms with Gasteiger partial charge in [0, 0.05) is 17.5 Å².